The predicted molar refractivity (Wildman–Crippen MR) is 76.0 cm³/mol. The van der Waals surface area contributed by atoms with Crippen molar-refractivity contribution in [3.8, 4) is 11.1 Å². The van der Waals surface area contributed by atoms with Gasteiger partial charge in [-0.25, -0.2) is 14.2 Å². The highest BCUT2D eigenvalue weighted by atomic mass is 35.5. The number of methoxy groups -OCH3 is 1. The Morgan fingerprint density at radius 3 is 2.55 bits per heavy atom. The number of hydrogen-bond donors (Lipinski definition) is 0. The molecule has 0 atom stereocenters. The molecule has 0 saturated heterocycles. The number of aromatic nitrogens is 1. The number of ether oxygens (including phenoxy) is 1. The van der Waals surface area contributed by atoms with Crippen LogP contribution in [0.1, 0.15) is 10.5 Å². The molecule has 0 fully saturated rings. The summed E-state index contributed by atoms with van der Waals surface area (Å²) in [5.74, 6) is -1.66. The number of benzene rings is 1. The summed E-state index contributed by atoms with van der Waals surface area (Å²) >= 11 is 17.8. The van der Waals surface area contributed by atoms with Gasteiger partial charge in [0.05, 0.1) is 22.2 Å². The summed E-state index contributed by atoms with van der Waals surface area (Å²) in [6, 6.07) is 4.26. The van der Waals surface area contributed by atoms with E-state index in [1.165, 1.54) is 12.3 Å². The van der Waals surface area contributed by atoms with Gasteiger partial charge in [-0.3, -0.25) is 0 Å². The Morgan fingerprint density at radius 2 is 1.95 bits per heavy atom. The lowest BCUT2D eigenvalue weighted by Gasteiger charge is -2.08. The first-order valence-electron chi connectivity index (χ1n) is 5.33. The molecule has 0 unspecified atom stereocenters. The summed E-state index contributed by atoms with van der Waals surface area (Å²) in [7, 11) is 1.15. The van der Waals surface area contributed by atoms with Crippen LogP contribution in [-0.2, 0) is 4.74 Å². The minimum Gasteiger partial charge on any atom is -0.464 e. The number of rotatable bonds is 2. The van der Waals surface area contributed by atoms with Crippen LogP contribution in [0.15, 0.2) is 24.4 Å². The Balaban J connectivity index is 2.53. The summed E-state index contributed by atoms with van der Waals surface area (Å²) in [6.07, 6.45) is 1.31. The molecule has 2 aromatic rings. The lowest BCUT2D eigenvalue weighted by Crippen LogP contribution is -2.07. The highest BCUT2D eigenvalue weighted by Gasteiger charge is 2.17. The number of pyridine rings is 1. The fourth-order valence-corrected chi connectivity index (χ4v) is 2.23. The number of carbonyl (C=O) groups excluding carboxylic acids is 1. The molecule has 3 nitrogen and oxygen atoms in total. The monoisotopic (exact) mass is 333 g/mol. The fourth-order valence-electron chi connectivity index (χ4n) is 1.58. The summed E-state index contributed by atoms with van der Waals surface area (Å²) in [4.78, 5) is 15.0. The molecular formula is C13H7Cl3FNO2. The summed E-state index contributed by atoms with van der Waals surface area (Å²) in [5, 5.41) is 0.648. The molecule has 2 rings (SSSR count). The normalized spacial score (nSPS) is 10.4. The van der Waals surface area contributed by atoms with E-state index in [9.17, 15) is 9.18 Å². The van der Waals surface area contributed by atoms with Crippen LogP contribution in [0, 0.1) is 5.82 Å². The molecule has 1 heterocycles. The highest BCUT2D eigenvalue weighted by molar-refractivity contribution is 6.49. The smallest absolute Gasteiger partial charge is 0.359 e. The number of hydrogen-bond acceptors (Lipinski definition) is 3. The van der Waals surface area contributed by atoms with Crippen LogP contribution in [0.3, 0.4) is 0 Å². The van der Waals surface area contributed by atoms with E-state index >= 15 is 0 Å². The van der Waals surface area contributed by atoms with E-state index in [1.54, 1.807) is 6.07 Å². The minimum atomic E-state index is -0.853. The van der Waals surface area contributed by atoms with Crippen LogP contribution >= 0.6 is 34.8 Å². The molecule has 0 amide bonds. The first kappa shape index (κ1) is 15.0. The Hall–Kier alpha value is -1.36. The molecular weight excluding hydrogens is 328 g/mol. The van der Waals surface area contributed by atoms with E-state index in [4.69, 9.17) is 34.8 Å². The van der Waals surface area contributed by atoms with Gasteiger partial charge in [-0.05, 0) is 12.1 Å². The van der Waals surface area contributed by atoms with Gasteiger partial charge in [0.15, 0.2) is 11.5 Å². The van der Waals surface area contributed by atoms with Gasteiger partial charge >= 0.3 is 5.97 Å². The SMILES string of the molecule is COC(=O)c1ncc(-c2ccc(Cl)c(Cl)c2Cl)cc1F. The molecule has 1 aromatic carbocycles. The molecule has 0 N–H and O–H groups in total. The van der Waals surface area contributed by atoms with Crippen molar-refractivity contribution in [2.75, 3.05) is 7.11 Å². The van der Waals surface area contributed by atoms with Crippen molar-refractivity contribution in [3.63, 3.8) is 0 Å². The quantitative estimate of drug-likeness (QED) is 0.593. The molecule has 0 aliphatic carbocycles. The van der Waals surface area contributed by atoms with Crippen LogP contribution in [0.25, 0.3) is 11.1 Å². The van der Waals surface area contributed by atoms with Gasteiger partial charge < -0.3 is 4.74 Å². The van der Waals surface area contributed by atoms with Crippen LogP contribution in [0.5, 0.6) is 0 Å². The van der Waals surface area contributed by atoms with Gasteiger partial charge in [-0.2, -0.15) is 0 Å². The first-order valence-corrected chi connectivity index (χ1v) is 6.46. The number of halogens is 4. The van der Waals surface area contributed by atoms with E-state index in [0.717, 1.165) is 13.2 Å². The van der Waals surface area contributed by atoms with E-state index in [1.807, 2.05) is 0 Å². The molecule has 104 valence electrons. The lowest BCUT2D eigenvalue weighted by molar-refractivity contribution is 0.0588. The maximum absolute atomic E-state index is 13.8. The lowest BCUT2D eigenvalue weighted by atomic mass is 10.1. The number of nitrogens with zero attached hydrogens (tertiary/aromatic N) is 1. The van der Waals surface area contributed by atoms with Crippen molar-refractivity contribution in [2.45, 2.75) is 0 Å². The Morgan fingerprint density at radius 1 is 1.25 bits per heavy atom. The largest absolute Gasteiger partial charge is 0.464 e. The van der Waals surface area contributed by atoms with Crippen molar-refractivity contribution >= 4 is 40.8 Å². The van der Waals surface area contributed by atoms with E-state index in [2.05, 4.69) is 9.72 Å². The first-order chi connectivity index (χ1) is 9.45. The van der Waals surface area contributed by atoms with Crippen LogP contribution < -0.4 is 0 Å². The Bertz CT molecular complexity index is 692. The second kappa shape index (κ2) is 5.95. The van der Waals surface area contributed by atoms with Crippen molar-refractivity contribution in [1.29, 1.82) is 0 Å². The zero-order valence-electron chi connectivity index (χ0n) is 10.1. The standard InChI is InChI=1S/C13H7Cl3FNO2/c1-20-13(19)12-9(17)4-6(5-18-12)7-2-3-8(14)11(16)10(7)15/h2-5H,1H3. The van der Waals surface area contributed by atoms with Crippen molar-refractivity contribution < 1.29 is 13.9 Å². The fraction of sp³-hybridized carbons (Fsp3) is 0.0769. The Labute approximate surface area is 129 Å². The van der Waals surface area contributed by atoms with Crippen LogP contribution in [-0.4, -0.2) is 18.1 Å². The third-order valence-electron chi connectivity index (χ3n) is 2.57. The molecule has 20 heavy (non-hydrogen) atoms. The maximum Gasteiger partial charge on any atom is 0.359 e. The summed E-state index contributed by atoms with van der Waals surface area (Å²) < 4.78 is 18.2. The van der Waals surface area contributed by atoms with Crippen molar-refractivity contribution in [1.82, 2.24) is 4.98 Å². The molecule has 7 heteroatoms. The van der Waals surface area contributed by atoms with Gasteiger partial charge in [0, 0.05) is 17.3 Å². The average molecular weight is 335 g/mol. The maximum atomic E-state index is 13.8. The number of esters is 1. The van der Waals surface area contributed by atoms with Gasteiger partial charge in [0.25, 0.3) is 0 Å². The van der Waals surface area contributed by atoms with Crippen LogP contribution in [0.2, 0.25) is 15.1 Å². The molecule has 1 aromatic heterocycles. The van der Waals surface area contributed by atoms with Gasteiger partial charge in [-0.15, -0.1) is 0 Å². The second-order valence-electron chi connectivity index (χ2n) is 3.77. The van der Waals surface area contributed by atoms with Crippen molar-refractivity contribution in [3.05, 3.63) is 51.0 Å². The number of carbonyl (C=O) groups is 1. The van der Waals surface area contributed by atoms with Crippen LogP contribution in [0.4, 0.5) is 4.39 Å². The van der Waals surface area contributed by atoms with Gasteiger partial charge in [0.2, 0.25) is 0 Å². The highest BCUT2D eigenvalue weighted by Crippen LogP contribution is 2.38. The second-order valence-corrected chi connectivity index (χ2v) is 4.93. The van der Waals surface area contributed by atoms with E-state index < -0.39 is 17.5 Å². The topological polar surface area (TPSA) is 39.2 Å². The van der Waals surface area contributed by atoms with Gasteiger partial charge in [0.1, 0.15) is 0 Å². The molecule has 0 aliphatic rings. The zero-order chi connectivity index (χ0) is 14.9. The molecule has 0 spiro atoms. The van der Waals surface area contributed by atoms with E-state index in [0.29, 0.717) is 16.1 Å². The predicted octanol–water partition coefficient (Wildman–Crippen LogP) is 4.63. The molecule has 0 bridgehead atoms. The summed E-state index contributed by atoms with van der Waals surface area (Å²) in [5.41, 5.74) is 0.440. The molecule has 0 radical (unpaired) electrons. The minimum absolute atomic E-state index is 0.170. The average Bonchev–Trinajstić information content (AvgIpc) is 2.44. The van der Waals surface area contributed by atoms with Gasteiger partial charge in [-0.1, -0.05) is 40.9 Å². The third kappa shape index (κ3) is 2.73. The molecule has 0 aliphatic heterocycles. The summed E-state index contributed by atoms with van der Waals surface area (Å²) in [6.45, 7) is 0. The zero-order valence-corrected chi connectivity index (χ0v) is 12.4. The van der Waals surface area contributed by atoms with Crippen molar-refractivity contribution in [2.24, 2.45) is 0 Å². The Kier molecular flexibility index (Phi) is 4.48. The van der Waals surface area contributed by atoms with E-state index in [-0.39, 0.29) is 10.0 Å². The molecule has 0 saturated carbocycles. The third-order valence-corrected chi connectivity index (χ3v) is 3.86.